The number of hydrogen-bond donors (Lipinski definition) is 0. The lowest BCUT2D eigenvalue weighted by Gasteiger charge is -2.33. The summed E-state index contributed by atoms with van der Waals surface area (Å²) in [5.41, 5.74) is -0.311. The molecule has 0 radical (unpaired) electrons. The zero-order valence-electron chi connectivity index (χ0n) is 8.82. The molecular formula is C10H18O4. The monoisotopic (exact) mass is 202 g/mol. The maximum atomic E-state index is 11.1. The predicted octanol–water partition coefficient (Wildman–Crippen LogP) is 0.991. The van der Waals surface area contributed by atoms with Crippen molar-refractivity contribution < 1.29 is 19.0 Å². The topological polar surface area (TPSA) is 44.8 Å². The normalized spacial score (nSPS) is 21.1. The fourth-order valence-electron chi connectivity index (χ4n) is 1.74. The number of ether oxygens (including phenoxy) is 3. The minimum atomic E-state index is -0.311. The molecule has 1 fully saturated rings. The van der Waals surface area contributed by atoms with Gasteiger partial charge < -0.3 is 19.0 Å². The minimum absolute atomic E-state index is 0.293. The molecule has 82 valence electrons. The number of hydrogen-bond acceptors (Lipinski definition) is 4. The molecule has 4 heteroatoms. The molecule has 14 heavy (non-hydrogen) atoms. The fraction of sp³-hybridized carbons (Fsp3) is 0.900. The van der Waals surface area contributed by atoms with Crippen LogP contribution in [0.4, 0.5) is 0 Å². The van der Waals surface area contributed by atoms with Gasteiger partial charge in [0.05, 0.1) is 0 Å². The van der Waals surface area contributed by atoms with E-state index in [9.17, 15) is 4.79 Å². The third kappa shape index (κ3) is 2.77. The van der Waals surface area contributed by atoms with Gasteiger partial charge in [0.25, 0.3) is 0 Å². The van der Waals surface area contributed by atoms with Crippen LogP contribution in [0.25, 0.3) is 0 Å². The van der Waals surface area contributed by atoms with E-state index in [1.165, 1.54) is 0 Å². The molecule has 0 N–H and O–H groups in total. The summed E-state index contributed by atoms with van der Waals surface area (Å²) in [6.07, 6.45) is 2.88. The Labute approximate surface area is 84.5 Å². The van der Waals surface area contributed by atoms with Gasteiger partial charge in [0.2, 0.25) is 0 Å². The molecule has 0 aromatic carbocycles. The summed E-state index contributed by atoms with van der Waals surface area (Å²) in [7, 11) is 3.18. The van der Waals surface area contributed by atoms with Crippen LogP contribution in [0.1, 0.15) is 19.3 Å². The lowest BCUT2D eigenvalue weighted by molar-refractivity contribution is -0.147. The van der Waals surface area contributed by atoms with Crippen molar-refractivity contribution in [1.29, 1.82) is 0 Å². The number of carbonyl (C=O) groups excluding carboxylic acids is 1. The van der Waals surface area contributed by atoms with E-state index >= 15 is 0 Å². The van der Waals surface area contributed by atoms with Crippen LogP contribution in [-0.4, -0.2) is 40.0 Å². The van der Waals surface area contributed by atoms with Crippen LogP contribution in [0.15, 0.2) is 0 Å². The lowest BCUT2D eigenvalue weighted by atomic mass is 9.78. The molecule has 4 nitrogen and oxygen atoms in total. The number of carbonyl (C=O) groups is 1. The van der Waals surface area contributed by atoms with Gasteiger partial charge in [-0.1, -0.05) is 0 Å². The quantitative estimate of drug-likeness (QED) is 0.492. The molecule has 1 saturated heterocycles. The van der Waals surface area contributed by atoms with Gasteiger partial charge in [-0.25, -0.2) is 0 Å². The van der Waals surface area contributed by atoms with Crippen molar-refractivity contribution in [2.24, 2.45) is 5.41 Å². The summed E-state index contributed by atoms with van der Waals surface area (Å²) in [5.74, 6) is 0. The van der Waals surface area contributed by atoms with E-state index in [0.29, 0.717) is 19.6 Å². The van der Waals surface area contributed by atoms with Crippen LogP contribution in [0.5, 0.6) is 0 Å². The highest BCUT2D eigenvalue weighted by atomic mass is 16.7. The van der Waals surface area contributed by atoms with Crippen LogP contribution < -0.4 is 0 Å². The zero-order chi connectivity index (χ0) is 10.4. The molecular weight excluding hydrogens is 184 g/mol. The van der Waals surface area contributed by atoms with E-state index in [1.54, 1.807) is 14.2 Å². The van der Waals surface area contributed by atoms with Gasteiger partial charge in [-0.15, -0.1) is 0 Å². The minimum Gasteiger partial charge on any atom is -0.381 e. The molecule has 0 spiro atoms. The summed E-state index contributed by atoms with van der Waals surface area (Å²) < 4.78 is 15.4. The van der Waals surface area contributed by atoms with E-state index < -0.39 is 0 Å². The second-order valence-electron chi connectivity index (χ2n) is 3.70. The summed E-state index contributed by atoms with van der Waals surface area (Å²) in [5, 5.41) is 0. The Morgan fingerprint density at radius 1 is 1.36 bits per heavy atom. The molecule has 0 unspecified atom stereocenters. The second kappa shape index (κ2) is 5.44. The van der Waals surface area contributed by atoms with Crippen molar-refractivity contribution in [1.82, 2.24) is 0 Å². The van der Waals surface area contributed by atoms with Crippen LogP contribution in [-0.2, 0) is 19.0 Å². The first-order chi connectivity index (χ1) is 6.76. The van der Waals surface area contributed by atoms with Crippen molar-refractivity contribution >= 4 is 6.29 Å². The Morgan fingerprint density at radius 2 is 1.93 bits per heavy atom. The van der Waals surface area contributed by atoms with Crippen molar-refractivity contribution in [2.75, 3.05) is 27.4 Å². The summed E-state index contributed by atoms with van der Waals surface area (Å²) in [6, 6.07) is 0. The van der Waals surface area contributed by atoms with Crippen molar-refractivity contribution in [3.05, 3.63) is 0 Å². The SMILES string of the molecule is COC(CC1(C=O)CCOCC1)OC. The maximum absolute atomic E-state index is 11.1. The Hall–Kier alpha value is -0.450. The first-order valence-corrected chi connectivity index (χ1v) is 4.86. The number of aldehydes is 1. The first kappa shape index (κ1) is 11.6. The van der Waals surface area contributed by atoms with Gasteiger partial charge in [-0.05, 0) is 12.8 Å². The third-order valence-electron chi connectivity index (χ3n) is 2.84. The number of rotatable bonds is 5. The Balaban J connectivity index is 2.54. The molecule has 0 aliphatic carbocycles. The van der Waals surface area contributed by atoms with Crippen molar-refractivity contribution in [3.8, 4) is 0 Å². The van der Waals surface area contributed by atoms with E-state index in [0.717, 1.165) is 19.1 Å². The summed E-state index contributed by atoms with van der Waals surface area (Å²) in [6.45, 7) is 1.30. The van der Waals surface area contributed by atoms with Gasteiger partial charge in [0.1, 0.15) is 6.29 Å². The zero-order valence-corrected chi connectivity index (χ0v) is 8.82. The average molecular weight is 202 g/mol. The molecule has 0 atom stereocenters. The largest absolute Gasteiger partial charge is 0.381 e. The van der Waals surface area contributed by atoms with E-state index in [4.69, 9.17) is 14.2 Å². The van der Waals surface area contributed by atoms with Gasteiger partial charge >= 0.3 is 0 Å². The van der Waals surface area contributed by atoms with Gasteiger partial charge in [-0.2, -0.15) is 0 Å². The highest BCUT2D eigenvalue weighted by molar-refractivity contribution is 5.59. The van der Waals surface area contributed by atoms with E-state index in [2.05, 4.69) is 0 Å². The molecule has 0 amide bonds. The average Bonchev–Trinajstić information content (AvgIpc) is 2.27. The molecule has 1 heterocycles. The smallest absolute Gasteiger partial charge is 0.157 e. The van der Waals surface area contributed by atoms with Gasteiger partial charge in [0, 0.05) is 39.3 Å². The second-order valence-corrected chi connectivity index (χ2v) is 3.70. The summed E-state index contributed by atoms with van der Waals surface area (Å²) in [4.78, 5) is 11.1. The number of methoxy groups -OCH3 is 2. The highest BCUT2D eigenvalue weighted by Crippen LogP contribution is 2.33. The van der Waals surface area contributed by atoms with Crippen LogP contribution >= 0.6 is 0 Å². The molecule has 0 saturated carbocycles. The van der Waals surface area contributed by atoms with E-state index in [-0.39, 0.29) is 11.7 Å². The van der Waals surface area contributed by atoms with Gasteiger partial charge in [-0.3, -0.25) is 0 Å². The van der Waals surface area contributed by atoms with Gasteiger partial charge in [0.15, 0.2) is 6.29 Å². The molecule has 0 aromatic rings. The fourth-order valence-corrected chi connectivity index (χ4v) is 1.74. The maximum Gasteiger partial charge on any atom is 0.157 e. The third-order valence-corrected chi connectivity index (χ3v) is 2.84. The van der Waals surface area contributed by atoms with Crippen LogP contribution in [0.2, 0.25) is 0 Å². The molecule has 1 rings (SSSR count). The van der Waals surface area contributed by atoms with Crippen LogP contribution in [0, 0.1) is 5.41 Å². The van der Waals surface area contributed by atoms with Crippen LogP contribution in [0.3, 0.4) is 0 Å². The van der Waals surface area contributed by atoms with Crippen molar-refractivity contribution in [2.45, 2.75) is 25.6 Å². The Bertz CT molecular complexity index is 171. The Morgan fingerprint density at radius 3 is 2.36 bits per heavy atom. The van der Waals surface area contributed by atoms with Crippen molar-refractivity contribution in [3.63, 3.8) is 0 Å². The standard InChI is InChI=1S/C10H18O4/c1-12-9(13-2)7-10(8-11)3-5-14-6-4-10/h8-9H,3-7H2,1-2H3. The highest BCUT2D eigenvalue weighted by Gasteiger charge is 2.35. The lowest BCUT2D eigenvalue weighted by Crippen LogP contribution is -2.35. The molecule has 1 aliphatic heterocycles. The molecule has 0 aromatic heterocycles. The predicted molar refractivity (Wildman–Crippen MR) is 51.0 cm³/mol. The molecule has 1 aliphatic rings. The summed E-state index contributed by atoms with van der Waals surface area (Å²) >= 11 is 0. The first-order valence-electron chi connectivity index (χ1n) is 4.86. The Kier molecular flexibility index (Phi) is 4.51. The van der Waals surface area contributed by atoms with E-state index in [1.807, 2.05) is 0 Å². The molecule has 0 bridgehead atoms.